The molecule has 0 atom stereocenters. The average molecular weight is 309 g/mol. The van der Waals surface area contributed by atoms with E-state index in [-0.39, 0.29) is 26.2 Å². The Bertz CT molecular complexity index is 142. The molecule has 0 saturated carbocycles. The van der Waals surface area contributed by atoms with E-state index in [4.69, 9.17) is 14.2 Å². The van der Waals surface area contributed by atoms with Crippen molar-refractivity contribution in [2.24, 2.45) is 0 Å². The summed E-state index contributed by atoms with van der Waals surface area (Å²) in [6.07, 6.45) is 4.10. The smallest absolute Gasteiger partial charge is 0.321 e. The zero-order valence-electron chi connectivity index (χ0n) is 10.4. The van der Waals surface area contributed by atoms with E-state index in [0.29, 0.717) is 19.8 Å². The number of ether oxygens (including phenoxy) is 3. The summed E-state index contributed by atoms with van der Waals surface area (Å²) in [5.41, 5.74) is 0. The van der Waals surface area contributed by atoms with Gasteiger partial charge in [0.15, 0.2) is 0 Å². The van der Waals surface area contributed by atoms with Crippen LogP contribution in [0.2, 0.25) is 0 Å². The van der Waals surface area contributed by atoms with E-state index in [1.54, 1.807) is 6.29 Å². The second-order valence-electron chi connectivity index (χ2n) is 3.20. The molecule has 0 aliphatic rings. The first-order chi connectivity index (χ1) is 7.24. The predicted octanol–water partition coefficient (Wildman–Crippen LogP) is 2.03. The van der Waals surface area contributed by atoms with Crippen molar-refractivity contribution in [3.8, 4) is 0 Å². The van der Waals surface area contributed by atoms with Crippen LogP contribution in [-0.4, -0.2) is 32.1 Å². The van der Waals surface area contributed by atoms with E-state index in [1.807, 2.05) is 20.8 Å². The number of hydrogen-bond donors (Lipinski definition) is 0. The summed E-state index contributed by atoms with van der Waals surface area (Å²) in [5, 5.41) is 0. The van der Waals surface area contributed by atoms with Crippen molar-refractivity contribution in [2.75, 3.05) is 19.8 Å². The topological polar surface area (TPSA) is 44.8 Å². The zero-order valence-corrected chi connectivity index (χ0v) is 12.8. The van der Waals surface area contributed by atoms with Gasteiger partial charge in [0, 0.05) is 26.2 Å². The van der Waals surface area contributed by atoms with Crippen molar-refractivity contribution in [2.45, 2.75) is 46.0 Å². The van der Waals surface area contributed by atoms with Gasteiger partial charge in [-0.2, -0.15) is 0 Å². The molecule has 0 aromatic carbocycles. The molecule has 0 aromatic rings. The largest absolute Gasteiger partial charge is 0.355 e. The third-order valence-corrected chi connectivity index (χ3v) is 1.61. The normalized spacial score (nSPS) is 10.9. The fourth-order valence-corrected chi connectivity index (χ4v) is 0.923. The van der Waals surface area contributed by atoms with Crippen LogP contribution < -0.4 is 0 Å². The summed E-state index contributed by atoms with van der Waals surface area (Å²) >= 11 is 0. The second kappa shape index (κ2) is 11.9. The maximum Gasteiger partial charge on any atom is 0.355 e. The van der Waals surface area contributed by atoms with Crippen LogP contribution in [0.1, 0.15) is 40.0 Å². The first-order valence-electron chi connectivity index (χ1n) is 5.55. The average Bonchev–Trinajstić information content (AvgIpc) is 2.29. The molecule has 0 saturated heterocycles. The monoisotopic (exact) mass is 307 g/mol. The van der Waals surface area contributed by atoms with Gasteiger partial charge >= 0.3 is 5.97 Å². The molecule has 0 bridgehead atoms. The van der Waals surface area contributed by atoms with Crippen molar-refractivity contribution in [3.63, 3.8) is 0 Å². The first kappa shape index (κ1) is 18.8. The quantitative estimate of drug-likeness (QED) is 0.579. The standard InChI is InChI=1S/C11H21O4.Zr/c1-4-7-13-11(10-12,14-8-5-2)15-9-6-3;/h4-9H2,1-3H3;. The Hall–Kier alpha value is 0.433. The third kappa shape index (κ3) is 7.67. The van der Waals surface area contributed by atoms with Crippen LogP contribution in [0.25, 0.3) is 0 Å². The van der Waals surface area contributed by atoms with Crippen LogP contribution in [-0.2, 0) is 45.2 Å². The van der Waals surface area contributed by atoms with E-state index in [1.165, 1.54) is 0 Å². The molecule has 93 valence electrons. The van der Waals surface area contributed by atoms with E-state index < -0.39 is 5.97 Å². The first-order valence-corrected chi connectivity index (χ1v) is 5.55. The Balaban J connectivity index is 0. The summed E-state index contributed by atoms with van der Waals surface area (Å²) in [7, 11) is 0. The van der Waals surface area contributed by atoms with Crippen molar-refractivity contribution in [1.82, 2.24) is 0 Å². The van der Waals surface area contributed by atoms with Gasteiger partial charge in [-0.1, -0.05) is 20.8 Å². The van der Waals surface area contributed by atoms with Crippen LogP contribution in [0, 0.1) is 0 Å². The molecule has 4 nitrogen and oxygen atoms in total. The molecule has 0 aromatic heterocycles. The maximum atomic E-state index is 10.8. The summed E-state index contributed by atoms with van der Waals surface area (Å²) < 4.78 is 15.8. The number of carbonyl (C=O) groups excluding carboxylic acids is 1. The van der Waals surface area contributed by atoms with Gasteiger partial charge in [0.05, 0.1) is 19.8 Å². The van der Waals surface area contributed by atoms with Crippen LogP contribution in [0.15, 0.2) is 0 Å². The Morgan fingerprint density at radius 2 is 1.19 bits per heavy atom. The predicted molar refractivity (Wildman–Crippen MR) is 57.2 cm³/mol. The molecule has 0 unspecified atom stereocenters. The molecule has 0 fully saturated rings. The molecule has 0 spiro atoms. The van der Waals surface area contributed by atoms with Gasteiger partial charge in [-0.05, 0) is 19.3 Å². The second-order valence-corrected chi connectivity index (χ2v) is 3.20. The van der Waals surface area contributed by atoms with Crippen LogP contribution in [0.3, 0.4) is 0 Å². The molecule has 5 heteroatoms. The summed E-state index contributed by atoms with van der Waals surface area (Å²) in [4.78, 5) is 10.8. The van der Waals surface area contributed by atoms with Gasteiger partial charge in [0.25, 0.3) is 6.29 Å². The minimum Gasteiger partial charge on any atom is -0.321 e. The minimum atomic E-state index is -1.61. The van der Waals surface area contributed by atoms with Crippen molar-refractivity contribution in [1.29, 1.82) is 0 Å². The molecular formula is C11H21O4Zr. The van der Waals surface area contributed by atoms with E-state index in [0.717, 1.165) is 19.3 Å². The summed E-state index contributed by atoms with van der Waals surface area (Å²) in [6, 6.07) is 0. The van der Waals surface area contributed by atoms with Gasteiger partial charge in [-0.3, -0.25) is 4.79 Å². The molecule has 0 N–H and O–H groups in total. The van der Waals surface area contributed by atoms with Crippen LogP contribution in [0.5, 0.6) is 0 Å². The number of rotatable bonds is 10. The molecule has 0 heterocycles. The SMILES string of the molecule is CCCOC([C]=O)(OCCC)OCCC.[Zr]. The fraction of sp³-hybridized carbons (Fsp3) is 0.909. The van der Waals surface area contributed by atoms with Gasteiger partial charge in [-0.15, -0.1) is 0 Å². The van der Waals surface area contributed by atoms with E-state index in [2.05, 4.69) is 0 Å². The Morgan fingerprint density at radius 3 is 1.38 bits per heavy atom. The van der Waals surface area contributed by atoms with Gasteiger partial charge < -0.3 is 14.2 Å². The number of hydrogen-bond acceptors (Lipinski definition) is 4. The Labute approximate surface area is 117 Å². The maximum absolute atomic E-state index is 10.8. The van der Waals surface area contributed by atoms with Gasteiger partial charge in [-0.25, -0.2) is 0 Å². The summed E-state index contributed by atoms with van der Waals surface area (Å²) in [5.74, 6) is -1.61. The third-order valence-electron chi connectivity index (χ3n) is 1.61. The minimum absolute atomic E-state index is 0. The zero-order chi connectivity index (χ0) is 11.6. The van der Waals surface area contributed by atoms with Crippen molar-refractivity contribution >= 4 is 6.29 Å². The van der Waals surface area contributed by atoms with E-state index in [9.17, 15) is 4.79 Å². The van der Waals surface area contributed by atoms with Crippen LogP contribution in [0.4, 0.5) is 0 Å². The molecule has 0 rings (SSSR count). The molecule has 0 aliphatic carbocycles. The van der Waals surface area contributed by atoms with E-state index >= 15 is 0 Å². The molecular weight excluding hydrogens is 287 g/mol. The molecule has 16 heavy (non-hydrogen) atoms. The van der Waals surface area contributed by atoms with Crippen molar-refractivity contribution < 1.29 is 45.2 Å². The Morgan fingerprint density at radius 1 is 0.875 bits per heavy atom. The molecule has 1 radical (unpaired) electrons. The Kier molecular flexibility index (Phi) is 14.0. The molecule has 0 amide bonds. The van der Waals surface area contributed by atoms with Gasteiger partial charge in [0.1, 0.15) is 0 Å². The van der Waals surface area contributed by atoms with Crippen molar-refractivity contribution in [3.05, 3.63) is 0 Å². The molecule has 0 aliphatic heterocycles. The van der Waals surface area contributed by atoms with Crippen LogP contribution >= 0.6 is 0 Å². The fourth-order valence-electron chi connectivity index (χ4n) is 0.923. The summed E-state index contributed by atoms with van der Waals surface area (Å²) in [6.45, 7) is 7.12. The van der Waals surface area contributed by atoms with Gasteiger partial charge in [0.2, 0.25) is 0 Å².